The number of rotatable bonds is 5. The summed E-state index contributed by atoms with van der Waals surface area (Å²) in [5, 5.41) is 16.2. The first kappa shape index (κ1) is 12.7. The van der Waals surface area contributed by atoms with Crippen LogP contribution in [0.15, 0.2) is 16.8 Å². The standard InChI is InChI=1S/C11H15N5OS/c1-15(2)10(17)4-3-6-16-13-11(12-14-16)9-5-7-18-8-9/h5,7-8H,3-4,6H2,1-2H3. The Kier molecular flexibility index (Phi) is 4.03. The first-order valence-corrected chi connectivity index (χ1v) is 6.61. The minimum absolute atomic E-state index is 0.119. The van der Waals surface area contributed by atoms with Crippen molar-refractivity contribution >= 4 is 17.2 Å². The van der Waals surface area contributed by atoms with E-state index in [0.717, 1.165) is 12.0 Å². The summed E-state index contributed by atoms with van der Waals surface area (Å²) in [6.07, 6.45) is 1.22. The Balaban J connectivity index is 1.86. The average Bonchev–Trinajstić information content (AvgIpc) is 2.98. The van der Waals surface area contributed by atoms with Gasteiger partial charge in [0, 0.05) is 31.5 Å². The van der Waals surface area contributed by atoms with Gasteiger partial charge in [-0.1, -0.05) is 0 Å². The van der Waals surface area contributed by atoms with Crippen LogP contribution in [0.3, 0.4) is 0 Å². The lowest BCUT2D eigenvalue weighted by Crippen LogP contribution is -2.21. The van der Waals surface area contributed by atoms with Crippen molar-refractivity contribution in [2.45, 2.75) is 19.4 Å². The second-order valence-corrected chi connectivity index (χ2v) is 4.89. The number of hydrogen-bond donors (Lipinski definition) is 0. The van der Waals surface area contributed by atoms with E-state index in [9.17, 15) is 4.79 Å². The molecule has 96 valence electrons. The molecule has 7 heteroatoms. The molecule has 0 aliphatic heterocycles. The third-order valence-electron chi connectivity index (χ3n) is 2.48. The average molecular weight is 265 g/mol. The molecule has 0 atom stereocenters. The Morgan fingerprint density at radius 3 is 3.00 bits per heavy atom. The van der Waals surface area contributed by atoms with Crippen LogP contribution in [0.5, 0.6) is 0 Å². The SMILES string of the molecule is CN(C)C(=O)CCCn1nnc(-c2ccsc2)n1. The predicted molar refractivity (Wildman–Crippen MR) is 69.1 cm³/mol. The van der Waals surface area contributed by atoms with Crippen LogP contribution in [-0.4, -0.2) is 45.1 Å². The third kappa shape index (κ3) is 3.13. The second kappa shape index (κ2) is 5.72. The number of amides is 1. The fraction of sp³-hybridized carbons (Fsp3) is 0.455. The van der Waals surface area contributed by atoms with Crippen molar-refractivity contribution in [3.8, 4) is 11.4 Å². The van der Waals surface area contributed by atoms with Crippen molar-refractivity contribution in [2.75, 3.05) is 14.1 Å². The highest BCUT2D eigenvalue weighted by Crippen LogP contribution is 2.16. The zero-order chi connectivity index (χ0) is 13.0. The van der Waals surface area contributed by atoms with E-state index in [1.165, 1.54) is 4.80 Å². The highest BCUT2D eigenvalue weighted by Gasteiger charge is 2.07. The van der Waals surface area contributed by atoms with Gasteiger partial charge in [0.2, 0.25) is 11.7 Å². The van der Waals surface area contributed by atoms with Gasteiger partial charge in [-0.25, -0.2) is 0 Å². The van der Waals surface area contributed by atoms with Crippen molar-refractivity contribution in [1.82, 2.24) is 25.1 Å². The lowest BCUT2D eigenvalue weighted by molar-refractivity contribution is -0.128. The fourth-order valence-electron chi connectivity index (χ4n) is 1.44. The maximum absolute atomic E-state index is 11.4. The predicted octanol–water partition coefficient (Wildman–Crippen LogP) is 1.27. The van der Waals surface area contributed by atoms with Gasteiger partial charge in [0.1, 0.15) is 0 Å². The minimum Gasteiger partial charge on any atom is -0.349 e. The number of hydrogen-bond acceptors (Lipinski definition) is 5. The summed E-state index contributed by atoms with van der Waals surface area (Å²) in [5.41, 5.74) is 0.982. The molecule has 0 fully saturated rings. The molecular weight excluding hydrogens is 250 g/mol. The van der Waals surface area contributed by atoms with E-state index >= 15 is 0 Å². The molecule has 0 saturated heterocycles. The van der Waals surface area contributed by atoms with Crippen LogP contribution in [0.1, 0.15) is 12.8 Å². The van der Waals surface area contributed by atoms with Crippen LogP contribution in [0, 0.1) is 0 Å². The number of aromatic nitrogens is 4. The summed E-state index contributed by atoms with van der Waals surface area (Å²) in [4.78, 5) is 14.5. The molecular formula is C11H15N5OS. The van der Waals surface area contributed by atoms with Crippen LogP contribution in [-0.2, 0) is 11.3 Å². The maximum atomic E-state index is 11.4. The molecule has 0 spiro atoms. The van der Waals surface area contributed by atoms with Gasteiger partial charge in [0.25, 0.3) is 0 Å². The van der Waals surface area contributed by atoms with Crippen molar-refractivity contribution in [3.63, 3.8) is 0 Å². The fourth-order valence-corrected chi connectivity index (χ4v) is 2.07. The van der Waals surface area contributed by atoms with Gasteiger partial charge in [0.05, 0.1) is 6.54 Å². The summed E-state index contributed by atoms with van der Waals surface area (Å²) in [5.74, 6) is 0.753. The van der Waals surface area contributed by atoms with Crippen molar-refractivity contribution in [2.24, 2.45) is 0 Å². The highest BCUT2D eigenvalue weighted by atomic mass is 32.1. The second-order valence-electron chi connectivity index (χ2n) is 4.11. The molecule has 0 aliphatic rings. The van der Waals surface area contributed by atoms with Gasteiger partial charge >= 0.3 is 0 Å². The number of aryl methyl sites for hydroxylation is 1. The molecule has 0 aliphatic carbocycles. The van der Waals surface area contributed by atoms with Crippen LogP contribution in [0.25, 0.3) is 11.4 Å². The summed E-state index contributed by atoms with van der Waals surface area (Å²) in [6.45, 7) is 0.608. The number of nitrogens with zero attached hydrogens (tertiary/aromatic N) is 5. The number of carbonyl (C=O) groups excluding carboxylic acids is 1. The monoisotopic (exact) mass is 265 g/mol. The largest absolute Gasteiger partial charge is 0.349 e. The van der Waals surface area contributed by atoms with E-state index in [4.69, 9.17) is 0 Å². The Morgan fingerprint density at radius 1 is 1.50 bits per heavy atom. The molecule has 1 amide bonds. The molecule has 0 aromatic carbocycles. The molecule has 18 heavy (non-hydrogen) atoms. The van der Waals surface area contributed by atoms with E-state index in [2.05, 4.69) is 15.4 Å². The quantitative estimate of drug-likeness (QED) is 0.816. The van der Waals surface area contributed by atoms with E-state index in [1.54, 1.807) is 30.3 Å². The van der Waals surface area contributed by atoms with Crippen LogP contribution < -0.4 is 0 Å². The van der Waals surface area contributed by atoms with E-state index in [0.29, 0.717) is 18.8 Å². The zero-order valence-electron chi connectivity index (χ0n) is 10.4. The summed E-state index contributed by atoms with van der Waals surface area (Å²) < 4.78 is 0. The molecule has 0 saturated carbocycles. The first-order chi connectivity index (χ1) is 8.66. The Hall–Kier alpha value is -1.76. The Bertz CT molecular complexity index is 505. The van der Waals surface area contributed by atoms with Crippen LogP contribution in [0.2, 0.25) is 0 Å². The molecule has 2 heterocycles. The molecule has 2 aromatic rings. The highest BCUT2D eigenvalue weighted by molar-refractivity contribution is 7.08. The topological polar surface area (TPSA) is 63.9 Å². The number of carbonyl (C=O) groups is 1. The molecule has 0 radical (unpaired) electrons. The first-order valence-electron chi connectivity index (χ1n) is 5.67. The maximum Gasteiger partial charge on any atom is 0.222 e. The summed E-state index contributed by atoms with van der Waals surface area (Å²) in [7, 11) is 3.51. The van der Waals surface area contributed by atoms with Crippen molar-refractivity contribution in [3.05, 3.63) is 16.8 Å². The summed E-state index contributed by atoms with van der Waals surface area (Å²) >= 11 is 1.60. The van der Waals surface area contributed by atoms with E-state index in [1.807, 2.05) is 16.8 Å². The lowest BCUT2D eigenvalue weighted by atomic mass is 10.3. The number of thiophene rings is 1. The van der Waals surface area contributed by atoms with E-state index < -0.39 is 0 Å². The van der Waals surface area contributed by atoms with Crippen LogP contribution in [0.4, 0.5) is 0 Å². The van der Waals surface area contributed by atoms with Crippen LogP contribution >= 0.6 is 11.3 Å². The smallest absolute Gasteiger partial charge is 0.222 e. The lowest BCUT2D eigenvalue weighted by Gasteiger charge is -2.08. The summed E-state index contributed by atoms with van der Waals surface area (Å²) in [6, 6.07) is 1.96. The van der Waals surface area contributed by atoms with Crippen molar-refractivity contribution < 1.29 is 4.79 Å². The molecule has 0 N–H and O–H groups in total. The van der Waals surface area contributed by atoms with E-state index in [-0.39, 0.29) is 5.91 Å². The molecule has 0 unspecified atom stereocenters. The zero-order valence-corrected chi connectivity index (χ0v) is 11.2. The molecule has 0 bridgehead atoms. The minimum atomic E-state index is 0.119. The van der Waals surface area contributed by atoms with Gasteiger partial charge < -0.3 is 4.90 Å². The molecule has 2 aromatic heterocycles. The molecule has 2 rings (SSSR count). The Morgan fingerprint density at radius 2 is 2.33 bits per heavy atom. The normalized spacial score (nSPS) is 10.6. The van der Waals surface area contributed by atoms with Gasteiger partial charge in [-0.15, -0.1) is 10.2 Å². The number of tetrazole rings is 1. The Labute approximate surface area is 109 Å². The van der Waals surface area contributed by atoms with Crippen molar-refractivity contribution in [1.29, 1.82) is 0 Å². The van der Waals surface area contributed by atoms with Gasteiger partial charge in [-0.2, -0.15) is 16.1 Å². The van der Waals surface area contributed by atoms with Gasteiger partial charge in [0.15, 0.2) is 0 Å². The van der Waals surface area contributed by atoms with Gasteiger partial charge in [-0.05, 0) is 23.1 Å². The van der Waals surface area contributed by atoms with Gasteiger partial charge in [-0.3, -0.25) is 4.79 Å². The molecule has 6 nitrogen and oxygen atoms in total. The third-order valence-corrected chi connectivity index (χ3v) is 3.16.